The number of pyridine rings is 2. The zero-order valence-electron chi connectivity index (χ0n) is 6.81. The van der Waals surface area contributed by atoms with Crippen LogP contribution < -0.4 is 0 Å². The fourth-order valence-corrected chi connectivity index (χ4v) is 1.41. The van der Waals surface area contributed by atoms with E-state index in [4.69, 9.17) is 0 Å². The van der Waals surface area contributed by atoms with Crippen molar-refractivity contribution >= 4 is 22.6 Å². The van der Waals surface area contributed by atoms with Gasteiger partial charge in [-0.2, -0.15) is 0 Å². The van der Waals surface area contributed by atoms with Gasteiger partial charge in [0.15, 0.2) is 0 Å². The van der Waals surface area contributed by atoms with Gasteiger partial charge in [-0.25, -0.2) is 4.98 Å². The van der Waals surface area contributed by atoms with Crippen molar-refractivity contribution in [2.75, 3.05) is 0 Å². The Morgan fingerprint density at radius 1 is 0.923 bits per heavy atom. The number of halogens is 1. The van der Waals surface area contributed by atoms with E-state index in [2.05, 4.69) is 38.6 Å². The van der Waals surface area contributed by atoms with E-state index in [1.807, 2.05) is 24.4 Å². The molecule has 0 saturated heterocycles. The second-order valence-electron chi connectivity index (χ2n) is 2.61. The zero-order chi connectivity index (χ0) is 9.10. The van der Waals surface area contributed by atoms with Crippen molar-refractivity contribution in [3.63, 3.8) is 0 Å². The van der Waals surface area contributed by atoms with Crippen LogP contribution in [0.3, 0.4) is 0 Å². The van der Waals surface area contributed by atoms with Gasteiger partial charge >= 0.3 is 0 Å². The normalized spacial score (nSPS) is 9.92. The number of hydrogen-bond acceptors (Lipinski definition) is 2. The molecule has 0 unspecified atom stereocenters. The monoisotopic (exact) mass is 282 g/mol. The Labute approximate surface area is 90.2 Å². The maximum absolute atomic E-state index is 4.22. The summed E-state index contributed by atoms with van der Waals surface area (Å²) in [5, 5.41) is 0. The van der Waals surface area contributed by atoms with Gasteiger partial charge in [-0.1, -0.05) is 6.07 Å². The van der Waals surface area contributed by atoms with E-state index in [9.17, 15) is 0 Å². The van der Waals surface area contributed by atoms with Crippen LogP contribution in [0.5, 0.6) is 0 Å². The molecule has 2 nitrogen and oxygen atoms in total. The molecule has 0 aliphatic heterocycles. The van der Waals surface area contributed by atoms with E-state index in [-0.39, 0.29) is 0 Å². The molecule has 3 heteroatoms. The molecule has 0 radical (unpaired) electrons. The Kier molecular flexibility index (Phi) is 2.54. The molecule has 2 heterocycles. The lowest BCUT2D eigenvalue weighted by atomic mass is 10.1. The minimum atomic E-state index is 1.01. The maximum atomic E-state index is 4.22. The van der Waals surface area contributed by atoms with Crippen molar-refractivity contribution in [2.45, 2.75) is 0 Å². The molecule has 13 heavy (non-hydrogen) atoms. The number of aromatic nitrogens is 2. The molecular formula is C10H7IN2. The predicted octanol–water partition coefficient (Wildman–Crippen LogP) is 2.75. The predicted molar refractivity (Wildman–Crippen MR) is 60.2 cm³/mol. The fourth-order valence-electron chi connectivity index (χ4n) is 1.09. The Bertz CT molecular complexity index is 383. The first kappa shape index (κ1) is 8.62. The molecule has 0 saturated carbocycles. The summed E-state index contributed by atoms with van der Waals surface area (Å²) in [6.07, 6.45) is 5.44. The third-order valence-corrected chi connectivity index (χ3v) is 2.38. The summed E-state index contributed by atoms with van der Waals surface area (Å²) >= 11 is 2.19. The molecule has 0 atom stereocenters. The summed E-state index contributed by atoms with van der Waals surface area (Å²) in [6.45, 7) is 0. The largest absolute Gasteiger partial charge is 0.265 e. The first-order valence-corrected chi connectivity index (χ1v) is 4.96. The molecule has 0 fully saturated rings. The highest BCUT2D eigenvalue weighted by atomic mass is 127. The van der Waals surface area contributed by atoms with Crippen LogP contribution in [0.1, 0.15) is 0 Å². The van der Waals surface area contributed by atoms with Crippen LogP contribution in [0.2, 0.25) is 0 Å². The van der Waals surface area contributed by atoms with Gasteiger partial charge < -0.3 is 0 Å². The van der Waals surface area contributed by atoms with E-state index < -0.39 is 0 Å². The Balaban J connectivity index is 2.42. The molecule has 0 aliphatic carbocycles. The van der Waals surface area contributed by atoms with Crippen molar-refractivity contribution in [1.82, 2.24) is 9.97 Å². The van der Waals surface area contributed by atoms with Gasteiger partial charge in [0, 0.05) is 24.2 Å². The molecule has 64 valence electrons. The van der Waals surface area contributed by atoms with Crippen molar-refractivity contribution < 1.29 is 0 Å². The molecule has 0 aromatic carbocycles. The average molecular weight is 282 g/mol. The van der Waals surface area contributed by atoms with Crippen molar-refractivity contribution in [3.8, 4) is 11.1 Å². The second kappa shape index (κ2) is 3.83. The van der Waals surface area contributed by atoms with E-state index in [1.54, 1.807) is 12.4 Å². The van der Waals surface area contributed by atoms with E-state index in [0.29, 0.717) is 0 Å². The van der Waals surface area contributed by atoms with Crippen molar-refractivity contribution in [3.05, 3.63) is 46.6 Å². The molecule has 0 aliphatic rings. The van der Waals surface area contributed by atoms with E-state index in [1.165, 1.54) is 0 Å². The summed E-state index contributed by atoms with van der Waals surface area (Å²) in [5.41, 5.74) is 2.28. The van der Waals surface area contributed by atoms with Crippen molar-refractivity contribution in [2.24, 2.45) is 0 Å². The average Bonchev–Trinajstić information content (AvgIpc) is 2.20. The van der Waals surface area contributed by atoms with Gasteiger partial charge in [0.05, 0.1) is 0 Å². The van der Waals surface area contributed by atoms with Crippen LogP contribution in [0.25, 0.3) is 11.1 Å². The summed E-state index contributed by atoms with van der Waals surface area (Å²) < 4.78 is 1.01. The third kappa shape index (κ3) is 2.03. The van der Waals surface area contributed by atoms with Gasteiger partial charge in [0.2, 0.25) is 0 Å². The topological polar surface area (TPSA) is 25.8 Å². The Morgan fingerprint density at radius 3 is 2.31 bits per heavy atom. The van der Waals surface area contributed by atoms with Gasteiger partial charge in [0.1, 0.15) is 3.70 Å². The SMILES string of the molecule is Ic1ccc(-c2ccncc2)cn1. The highest BCUT2D eigenvalue weighted by Gasteiger charge is 1.95. The van der Waals surface area contributed by atoms with Crippen LogP contribution in [-0.2, 0) is 0 Å². The standard InChI is InChI=1S/C10H7IN2/c11-10-2-1-9(7-13-10)8-3-5-12-6-4-8/h1-7H. The van der Waals surface area contributed by atoms with Gasteiger partial charge in [0.25, 0.3) is 0 Å². The molecule has 2 aromatic rings. The molecule has 2 rings (SSSR count). The molecule has 0 amide bonds. The molecule has 0 N–H and O–H groups in total. The molecule has 0 bridgehead atoms. The summed E-state index contributed by atoms with van der Waals surface area (Å²) in [5.74, 6) is 0. The first-order chi connectivity index (χ1) is 6.36. The van der Waals surface area contributed by atoms with Crippen LogP contribution in [0, 0.1) is 3.70 Å². The summed E-state index contributed by atoms with van der Waals surface area (Å²) in [6, 6.07) is 8.01. The number of hydrogen-bond donors (Lipinski definition) is 0. The lowest BCUT2D eigenvalue weighted by Gasteiger charge is -1.99. The van der Waals surface area contributed by atoms with Gasteiger partial charge in [-0.3, -0.25) is 4.98 Å². The van der Waals surface area contributed by atoms with Crippen LogP contribution >= 0.6 is 22.6 Å². The Morgan fingerprint density at radius 2 is 1.69 bits per heavy atom. The van der Waals surface area contributed by atoms with E-state index >= 15 is 0 Å². The molecular weight excluding hydrogens is 275 g/mol. The van der Waals surface area contributed by atoms with Crippen LogP contribution in [0.15, 0.2) is 42.9 Å². The van der Waals surface area contributed by atoms with Crippen molar-refractivity contribution in [1.29, 1.82) is 0 Å². The molecule has 0 spiro atoms. The van der Waals surface area contributed by atoms with Crippen LogP contribution in [-0.4, -0.2) is 9.97 Å². The minimum absolute atomic E-state index is 1.01. The van der Waals surface area contributed by atoms with Gasteiger partial charge in [-0.15, -0.1) is 0 Å². The number of rotatable bonds is 1. The maximum Gasteiger partial charge on any atom is 0.101 e. The quantitative estimate of drug-likeness (QED) is 0.593. The van der Waals surface area contributed by atoms with E-state index in [0.717, 1.165) is 14.8 Å². The minimum Gasteiger partial charge on any atom is -0.265 e. The van der Waals surface area contributed by atoms with Gasteiger partial charge in [-0.05, 0) is 46.4 Å². The van der Waals surface area contributed by atoms with Crippen LogP contribution in [0.4, 0.5) is 0 Å². The smallest absolute Gasteiger partial charge is 0.101 e. The third-order valence-electron chi connectivity index (χ3n) is 1.74. The lowest BCUT2D eigenvalue weighted by molar-refractivity contribution is 1.27. The molecule has 2 aromatic heterocycles. The first-order valence-electron chi connectivity index (χ1n) is 3.88. The second-order valence-corrected chi connectivity index (χ2v) is 3.71. The summed E-state index contributed by atoms with van der Waals surface area (Å²) in [4.78, 5) is 8.19. The number of nitrogens with zero attached hydrogens (tertiary/aromatic N) is 2. The zero-order valence-corrected chi connectivity index (χ0v) is 8.97. The highest BCUT2D eigenvalue weighted by Crippen LogP contribution is 2.17. The lowest BCUT2D eigenvalue weighted by Crippen LogP contribution is -1.82. The Hall–Kier alpha value is -0.970. The fraction of sp³-hybridized carbons (Fsp3) is 0. The summed E-state index contributed by atoms with van der Waals surface area (Å²) in [7, 11) is 0. The highest BCUT2D eigenvalue weighted by molar-refractivity contribution is 14.1.